The minimum atomic E-state index is -0.745. The summed E-state index contributed by atoms with van der Waals surface area (Å²) in [4.78, 5) is 10.4. The summed E-state index contributed by atoms with van der Waals surface area (Å²) in [5.74, 6) is -0.745. The molecule has 0 saturated carbocycles. The van der Waals surface area contributed by atoms with Crippen molar-refractivity contribution in [1.29, 1.82) is 0 Å². The second kappa shape index (κ2) is 4.60. The number of hydrogen-bond donors (Lipinski definition) is 1. The molecule has 14 heavy (non-hydrogen) atoms. The van der Waals surface area contributed by atoms with Gasteiger partial charge in [-0.15, -0.1) is 0 Å². The quantitative estimate of drug-likeness (QED) is 0.903. The van der Waals surface area contributed by atoms with Gasteiger partial charge in [0.2, 0.25) is 0 Å². The summed E-state index contributed by atoms with van der Waals surface area (Å²) in [5.41, 5.74) is 3.49. The Balaban J connectivity index is 2.88. The molecular formula is C11H13BrO2. The van der Waals surface area contributed by atoms with Gasteiger partial charge in [-0.05, 0) is 43.0 Å². The van der Waals surface area contributed by atoms with Crippen molar-refractivity contribution in [2.45, 2.75) is 26.7 Å². The molecule has 0 atom stereocenters. The van der Waals surface area contributed by atoms with Crippen molar-refractivity contribution in [3.05, 3.63) is 33.3 Å². The van der Waals surface area contributed by atoms with Crippen LogP contribution in [0.4, 0.5) is 0 Å². The standard InChI is InChI=1S/C11H13BrO2/c1-7-8(2)10(12)5-3-9(7)4-6-11(13)14/h3,5H,4,6H2,1-2H3,(H,13,14). The largest absolute Gasteiger partial charge is 0.481 e. The summed E-state index contributed by atoms with van der Waals surface area (Å²) in [6, 6.07) is 3.95. The third-order valence-electron chi connectivity index (χ3n) is 2.44. The van der Waals surface area contributed by atoms with Crippen LogP contribution in [0.5, 0.6) is 0 Å². The van der Waals surface area contributed by atoms with Crippen molar-refractivity contribution < 1.29 is 9.90 Å². The van der Waals surface area contributed by atoms with Gasteiger partial charge in [-0.1, -0.05) is 22.0 Å². The maximum atomic E-state index is 10.4. The third kappa shape index (κ3) is 2.58. The molecule has 0 aromatic heterocycles. The highest BCUT2D eigenvalue weighted by Gasteiger charge is 2.06. The van der Waals surface area contributed by atoms with Gasteiger partial charge in [0.1, 0.15) is 0 Å². The smallest absolute Gasteiger partial charge is 0.303 e. The minimum absolute atomic E-state index is 0.196. The maximum Gasteiger partial charge on any atom is 0.303 e. The monoisotopic (exact) mass is 256 g/mol. The zero-order valence-corrected chi connectivity index (χ0v) is 9.89. The Labute approximate surface area is 92.1 Å². The van der Waals surface area contributed by atoms with Crippen molar-refractivity contribution in [2.75, 3.05) is 0 Å². The van der Waals surface area contributed by atoms with E-state index in [0.29, 0.717) is 6.42 Å². The number of halogens is 1. The number of aryl methyl sites for hydroxylation is 1. The lowest BCUT2D eigenvalue weighted by Gasteiger charge is -2.09. The molecule has 1 rings (SSSR count). The highest BCUT2D eigenvalue weighted by atomic mass is 79.9. The molecule has 1 aromatic rings. The summed E-state index contributed by atoms with van der Waals surface area (Å²) in [6.45, 7) is 4.06. The second-order valence-corrected chi connectivity index (χ2v) is 4.20. The normalized spacial score (nSPS) is 10.2. The fraction of sp³-hybridized carbons (Fsp3) is 0.364. The lowest BCUT2D eigenvalue weighted by Crippen LogP contribution is -2.00. The Morgan fingerprint density at radius 3 is 2.57 bits per heavy atom. The first-order chi connectivity index (χ1) is 6.52. The number of hydrogen-bond acceptors (Lipinski definition) is 1. The molecule has 0 amide bonds. The Bertz CT molecular complexity index is 359. The number of carbonyl (C=O) groups is 1. The van der Waals surface area contributed by atoms with Gasteiger partial charge < -0.3 is 5.11 Å². The second-order valence-electron chi connectivity index (χ2n) is 3.35. The van der Waals surface area contributed by atoms with E-state index in [1.807, 2.05) is 26.0 Å². The summed E-state index contributed by atoms with van der Waals surface area (Å²) in [7, 11) is 0. The van der Waals surface area contributed by atoms with Crippen LogP contribution in [0.15, 0.2) is 16.6 Å². The Hall–Kier alpha value is -0.830. The zero-order valence-electron chi connectivity index (χ0n) is 8.30. The van der Waals surface area contributed by atoms with E-state index in [-0.39, 0.29) is 6.42 Å². The zero-order chi connectivity index (χ0) is 10.7. The molecule has 0 bridgehead atoms. The van der Waals surface area contributed by atoms with Crippen molar-refractivity contribution in [3.8, 4) is 0 Å². The van der Waals surface area contributed by atoms with Gasteiger partial charge in [-0.3, -0.25) is 4.79 Å². The number of carboxylic acid groups (broad SMARTS) is 1. The lowest BCUT2D eigenvalue weighted by molar-refractivity contribution is -0.136. The SMILES string of the molecule is Cc1c(Br)ccc(CCC(=O)O)c1C. The minimum Gasteiger partial charge on any atom is -0.481 e. The first-order valence-corrected chi connectivity index (χ1v) is 5.28. The van der Waals surface area contributed by atoms with E-state index in [1.54, 1.807) is 0 Å². The van der Waals surface area contributed by atoms with E-state index < -0.39 is 5.97 Å². The summed E-state index contributed by atoms with van der Waals surface area (Å²) >= 11 is 3.44. The molecule has 0 radical (unpaired) electrons. The molecular weight excluding hydrogens is 244 g/mol. The Kier molecular flexibility index (Phi) is 3.69. The highest BCUT2D eigenvalue weighted by Crippen LogP contribution is 2.23. The third-order valence-corrected chi connectivity index (χ3v) is 3.30. The summed E-state index contributed by atoms with van der Waals surface area (Å²) in [6.07, 6.45) is 0.803. The number of benzene rings is 1. The van der Waals surface area contributed by atoms with E-state index in [1.165, 1.54) is 11.1 Å². The van der Waals surface area contributed by atoms with Crippen molar-refractivity contribution >= 4 is 21.9 Å². The fourth-order valence-electron chi connectivity index (χ4n) is 1.36. The van der Waals surface area contributed by atoms with Crippen LogP contribution in [-0.4, -0.2) is 11.1 Å². The fourth-order valence-corrected chi connectivity index (χ4v) is 1.79. The van der Waals surface area contributed by atoms with Crippen LogP contribution in [0, 0.1) is 13.8 Å². The summed E-state index contributed by atoms with van der Waals surface area (Å²) < 4.78 is 1.08. The first kappa shape index (κ1) is 11.2. The Morgan fingerprint density at radius 2 is 2.00 bits per heavy atom. The molecule has 0 fully saturated rings. The van der Waals surface area contributed by atoms with E-state index in [2.05, 4.69) is 15.9 Å². The van der Waals surface area contributed by atoms with E-state index in [0.717, 1.165) is 10.0 Å². The van der Waals surface area contributed by atoms with Crippen LogP contribution in [0.1, 0.15) is 23.1 Å². The lowest BCUT2D eigenvalue weighted by atomic mass is 10.00. The number of aliphatic carboxylic acids is 1. The molecule has 0 aliphatic rings. The van der Waals surface area contributed by atoms with E-state index in [9.17, 15) is 4.79 Å². The molecule has 0 heterocycles. The van der Waals surface area contributed by atoms with E-state index in [4.69, 9.17) is 5.11 Å². The molecule has 1 N–H and O–H groups in total. The molecule has 0 unspecified atom stereocenters. The van der Waals surface area contributed by atoms with Gasteiger partial charge in [0.05, 0.1) is 0 Å². The van der Waals surface area contributed by atoms with Gasteiger partial charge in [-0.2, -0.15) is 0 Å². The van der Waals surface area contributed by atoms with Crippen LogP contribution < -0.4 is 0 Å². The number of carboxylic acids is 1. The van der Waals surface area contributed by atoms with E-state index >= 15 is 0 Å². The van der Waals surface area contributed by atoms with Crippen LogP contribution >= 0.6 is 15.9 Å². The predicted molar refractivity (Wildman–Crippen MR) is 59.6 cm³/mol. The average Bonchev–Trinajstić information content (AvgIpc) is 2.13. The highest BCUT2D eigenvalue weighted by molar-refractivity contribution is 9.10. The topological polar surface area (TPSA) is 37.3 Å². The molecule has 0 aliphatic carbocycles. The van der Waals surface area contributed by atoms with Crippen molar-refractivity contribution in [3.63, 3.8) is 0 Å². The molecule has 2 nitrogen and oxygen atoms in total. The van der Waals surface area contributed by atoms with Crippen LogP contribution in [0.25, 0.3) is 0 Å². The molecule has 3 heteroatoms. The predicted octanol–water partition coefficient (Wildman–Crippen LogP) is 3.08. The number of rotatable bonds is 3. The average molecular weight is 257 g/mol. The van der Waals surface area contributed by atoms with Crippen LogP contribution in [0.2, 0.25) is 0 Å². The van der Waals surface area contributed by atoms with Crippen LogP contribution in [-0.2, 0) is 11.2 Å². The van der Waals surface area contributed by atoms with Gasteiger partial charge >= 0.3 is 5.97 Å². The molecule has 76 valence electrons. The molecule has 0 saturated heterocycles. The Morgan fingerprint density at radius 1 is 1.36 bits per heavy atom. The molecule has 0 aliphatic heterocycles. The van der Waals surface area contributed by atoms with Crippen molar-refractivity contribution in [1.82, 2.24) is 0 Å². The summed E-state index contributed by atoms with van der Waals surface area (Å²) in [5, 5.41) is 8.58. The first-order valence-electron chi connectivity index (χ1n) is 4.48. The van der Waals surface area contributed by atoms with Gasteiger partial charge in [0, 0.05) is 10.9 Å². The van der Waals surface area contributed by atoms with Gasteiger partial charge in [0.15, 0.2) is 0 Å². The van der Waals surface area contributed by atoms with Crippen LogP contribution in [0.3, 0.4) is 0 Å². The van der Waals surface area contributed by atoms with Gasteiger partial charge in [0.25, 0.3) is 0 Å². The molecule has 1 aromatic carbocycles. The van der Waals surface area contributed by atoms with Gasteiger partial charge in [-0.25, -0.2) is 0 Å². The molecule has 0 spiro atoms. The van der Waals surface area contributed by atoms with Crippen molar-refractivity contribution in [2.24, 2.45) is 0 Å². The maximum absolute atomic E-state index is 10.4.